The third-order valence-electron chi connectivity index (χ3n) is 3.30. The quantitative estimate of drug-likeness (QED) is 0.277. The maximum atomic E-state index is 11.2. The molecule has 0 radical (unpaired) electrons. The molecule has 0 saturated heterocycles. The molecule has 1 aromatic heterocycles. The van der Waals surface area contributed by atoms with Gasteiger partial charge < -0.3 is 28.4 Å². The Morgan fingerprint density at radius 2 is 0.897 bits per heavy atom. The minimum absolute atomic E-state index is 0.0826. The molecule has 166 valence electrons. The molecule has 0 amide bonds. The van der Waals surface area contributed by atoms with Crippen molar-refractivity contribution in [2.24, 2.45) is 0 Å². The number of carbonyl (C=O) groups excluding carboxylic acids is 1. The molecule has 0 aliphatic heterocycles. The lowest BCUT2D eigenvalue weighted by Gasteiger charge is -2.27. The van der Waals surface area contributed by atoms with Gasteiger partial charge in [-0.2, -0.15) is 15.0 Å². The van der Waals surface area contributed by atoms with Crippen LogP contribution in [0, 0.1) is 0 Å². The third-order valence-corrected chi connectivity index (χ3v) is 3.30. The van der Waals surface area contributed by atoms with Crippen LogP contribution in [0.5, 0.6) is 0 Å². The summed E-state index contributed by atoms with van der Waals surface area (Å²) < 4.78 is 31.1. The first-order valence-corrected chi connectivity index (χ1v) is 8.59. The van der Waals surface area contributed by atoms with Crippen molar-refractivity contribution in [2.45, 2.75) is 6.92 Å². The standard InChI is InChI=1S/C16H30N6O7/c1-13(23)29-12-22(11-28-6)16-18-14(20(7-24-2)8-25-3)17-15(19-16)21(9-26-4)10-27-5/h7-12H2,1-6H3. The van der Waals surface area contributed by atoms with Crippen molar-refractivity contribution in [2.75, 3.05) is 90.6 Å². The molecule has 0 N–H and O–H groups in total. The van der Waals surface area contributed by atoms with Gasteiger partial charge >= 0.3 is 5.97 Å². The molecule has 1 aromatic rings. The maximum absolute atomic E-state index is 11.2. The van der Waals surface area contributed by atoms with Crippen LogP contribution < -0.4 is 14.7 Å². The van der Waals surface area contributed by atoms with Crippen LogP contribution in [-0.4, -0.2) is 96.9 Å². The lowest BCUT2D eigenvalue weighted by Crippen LogP contribution is -2.36. The normalized spacial score (nSPS) is 10.7. The first kappa shape index (κ1) is 24.7. The monoisotopic (exact) mass is 418 g/mol. The lowest BCUT2D eigenvalue weighted by molar-refractivity contribution is -0.141. The smallest absolute Gasteiger partial charge is 0.304 e. The zero-order chi connectivity index (χ0) is 21.6. The Bertz CT molecular complexity index is 563. The summed E-state index contributed by atoms with van der Waals surface area (Å²) >= 11 is 0. The van der Waals surface area contributed by atoms with Gasteiger partial charge in [0.2, 0.25) is 17.8 Å². The molecule has 29 heavy (non-hydrogen) atoms. The summed E-state index contributed by atoms with van der Waals surface area (Å²) in [5.41, 5.74) is 0. The van der Waals surface area contributed by atoms with Crippen molar-refractivity contribution >= 4 is 23.8 Å². The second-order valence-electron chi connectivity index (χ2n) is 5.71. The number of hydrogen-bond donors (Lipinski definition) is 0. The molecular weight excluding hydrogens is 388 g/mol. The highest BCUT2D eigenvalue weighted by atomic mass is 16.6. The van der Waals surface area contributed by atoms with Gasteiger partial charge in [0.15, 0.2) is 6.73 Å². The number of hydrogen-bond acceptors (Lipinski definition) is 13. The molecule has 0 unspecified atom stereocenters. The number of rotatable bonds is 15. The van der Waals surface area contributed by atoms with Gasteiger partial charge in [0.1, 0.15) is 33.7 Å². The molecule has 1 rings (SSSR count). The molecule has 0 fully saturated rings. The van der Waals surface area contributed by atoms with E-state index in [9.17, 15) is 4.79 Å². The van der Waals surface area contributed by atoms with E-state index in [0.717, 1.165) is 0 Å². The number of esters is 1. The lowest BCUT2D eigenvalue weighted by atomic mass is 10.6. The van der Waals surface area contributed by atoms with E-state index in [2.05, 4.69) is 15.0 Å². The number of ether oxygens (including phenoxy) is 6. The molecule has 0 aliphatic rings. The zero-order valence-corrected chi connectivity index (χ0v) is 17.8. The topological polar surface area (TPSA) is 121 Å². The summed E-state index contributed by atoms with van der Waals surface area (Å²) in [4.78, 5) is 29.5. The van der Waals surface area contributed by atoms with E-state index in [-0.39, 0.29) is 58.2 Å². The molecule has 1 heterocycles. The fraction of sp³-hybridized carbons (Fsp3) is 0.750. The minimum Gasteiger partial charge on any atom is -0.444 e. The van der Waals surface area contributed by atoms with Crippen molar-refractivity contribution in [3.63, 3.8) is 0 Å². The molecular formula is C16H30N6O7. The van der Waals surface area contributed by atoms with Gasteiger partial charge in [-0.1, -0.05) is 0 Å². The van der Waals surface area contributed by atoms with Gasteiger partial charge in [0.25, 0.3) is 0 Å². The predicted octanol–water partition coefficient (Wildman–Crippen LogP) is -0.169. The fourth-order valence-electron chi connectivity index (χ4n) is 2.17. The predicted molar refractivity (Wildman–Crippen MR) is 103 cm³/mol. The highest BCUT2D eigenvalue weighted by Gasteiger charge is 2.21. The van der Waals surface area contributed by atoms with Crippen molar-refractivity contribution in [3.8, 4) is 0 Å². The molecule has 0 aliphatic carbocycles. The van der Waals surface area contributed by atoms with E-state index in [4.69, 9.17) is 28.4 Å². The average molecular weight is 418 g/mol. The first-order valence-electron chi connectivity index (χ1n) is 8.59. The summed E-state index contributed by atoms with van der Waals surface area (Å²) in [7, 11) is 7.70. The van der Waals surface area contributed by atoms with Gasteiger partial charge in [-0.3, -0.25) is 19.5 Å². The Balaban J connectivity index is 3.40. The second-order valence-corrected chi connectivity index (χ2v) is 5.71. The van der Waals surface area contributed by atoms with Gasteiger partial charge in [-0.25, -0.2) is 0 Å². The summed E-state index contributed by atoms with van der Waals surface area (Å²) in [5.74, 6) is 0.355. The van der Waals surface area contributed by atoms with Crippen molar-refractivity contribution in [1.82, 2.24) is 15.0 Å². The van der Waals surface area contributed by atoms with E-state index < -0.39 is 5.97 Å². The van der Waals surface area contributed by atoms with E-state index in [1.165, 1.54) is 18.9 Å². The summed E-state index contributed by atoms with van der Waals surface area (Å²) in [5, 5.41) is 0. The SMILES string of the molecule is COCN(COC)c1nc(N(COC)COC)nc(N(COC)COC(C)=O)n1. The van der Waals surface area contributed by atoms with E-state index in [1.54, 1.807) is 38.2 Å². The van der Waals surface area contributed by atoms with E-state index in [0.29, 0.717) is 0 Å². The van der Waals surface area contributed by atoms with Crippen LogP contribution in [0.1, 0.15) is 6.92 Å². The molecule has 0 saturated carbocycles. The number of nitrogens with zero attached hydrogens (tertiary/aromatic N) is 6. The van der Waals surface area contributed by atoms with Crippen LogP contribution in [0.25, 0.3) is 0 Å². The highest BCUT2D eigenvalue weighted by Crippen LogP contribution is 2.19. The van der Waals surface area contributed by atoms with Gasteiger partial charge in [-0.05, 0) is 0 Å². The Labute approximate surface area is 170 Å². The van der Waals surface area contributed by atoms with Gasteiger partial charge in [-0.15, -0.1) is 0 Å². The van der Waals surface area contributed by atoms with Gasteiger partial charge in [0.05, 0.1) is 0 Å². The Kier molecular flexibility index (Phi) is 11.8. The van der Waals surface area contributed by atoms with Crippen LogP contribution in [0.15, 0.2) is 0 Å². The summed E-state index contributed by atoms with van der Waals surface area (Å²) in [6, 6.07) is 0. The molecule has 13 nitrogen and oxygen atoms in total. The summed E-state index contributed by atoms with van der Waals surface area (Å²) in [6.07, 6.45) is 0. The number of carbonyl (C=O) groups is 1. The Morgan fingerprint density at radius 1 is 0.621 bits per heavy atom. The van der Waals surface area contributed by atoms with Crippen LogP contribution in [0.3, 0.4) is 0 Å². The first-order chi connectivity index (χ1) is 14.0. The fourth-order valence-corrected chi connectivity index (χ4v) is 2.17. The number of aromatic nitrogens is 3. The van der Waals surface area contributed by atoms with Gasteiger partial charge in [0, 0.05) is 42.5 Å². The van der Waals surface area contributed by atoms with Crippen LogP contribution in [0.2, 0.25) is 0 Å². The zero-order valence-electron chi connectivity index (χ0n) is 17.8. The van der Waals surface area contributed by atoms with E-state index >= 15 is 0 Å². The highest BCUT2D eigenvalue weighted by molar-refractivity contribution is 5.66. The van der Waals surface area contributed by atoms with Crippen LogP contribution in [-0.2, 0) is 33.2 Å². The van der Waals surface area contributed by atoms with Crippen molar-refractivity contribution in [1.29, 1.82) is 0 Å². The Hall–Kier alpha value is -2.32. The molecule has 0 bridgehead atoms. The molecule has 0 aromatic carbocycles. The molecule has 13 heteroatoms. The largest absolute Gasteiger partial charge is 0.444 e. The number of anilines is 3. The molecule has 0 spiro atoms. The summed E-state index contributed by atoms with van der Waals surface area (Å²) in [6.45, 7) is 2.01. The van der Waals surface area contributed by atoms with Crippen molar-refractivity contribution < 1.29 is 33.2 Å². The van der Waals surface area contributed by atoms with E-state index in [1.807, 2.05) is 0 Å². The van der Waals surface area contributed by atoms with Crippen LogP contribution >= 0.6 is 0 Å². The third kappa shape index (κ3) is 8.29. The Morgan fingerprint density at radius 3 is 1.14 bits per heavy atom. The molecule has 0 atom stereocenters. The van der Waals surface area contributed by atoms with Crippen molar-refractivity contribution in [3.05, 3.63) is 0 Å². The second kappa shape index (κ2) is 13.8. The number of methoxy groups -OCH3 is 5. The minimum atomic E-state index is -0.443. The average Bonchev–Trinajstić information content (AvgIpc) is 2.70. The van der Waals surface area contributed by atoms with Crippen LogP contribution in [0.4, 0.5) is 17.8 Å². The maximum Gasteiger partial charge on any atom is 0.304 e.